The van der Waals surface area contributed by atoms with Crippen LogP contribution in [0.3, 0.4) is 0 Å². The number of nitriles is 1. The van der Waals surface area contributed by atoms with Gasteiger partial charge in [-0.3, -0.25) is 4.98 Å². The predicted molar refractivity (Wildman–Crippen MR) is 70.6 cm³/mol. The van der Waals surface area contributed by atoms with Crippen LogP contribution in [0.4, 0.5) is 4.39 Å². The van der Waals surface area contributed by atoms with E-state index in [4.69, 9.17) is 5.26 Å². The molecule has 1 aromatic carbocycles. The van der Waals surface area contributed by atoms with Crippen molar-refractivity contribution < 1.29 is 4.39 Å². The summed E-state index contributed by atoms with van der Waals surface area (Å²) in [5.74, 6) is -0.445. The van der Waals surface area contributed by atoms with Crippen LogP contribution in [0.25, 0.3) is 0 Å². The van der Waals surface area contributed by atoms with E-state index < -0.39 is 5.82 Å². The molecular formula is C15H14FN3. The molecule has 1 heterocycles. The van der Waals surface area contributed by atoms with Gasteiger partial charge in [0.1, 0.15) is 11.9 Å². The Labute approximate surface area is 111 Å². The van der Waals surface area contributed by atoms with Crippen molar-refractivity contribution in [1.82, 2.24) is 10.3 Å². The maximum Gasteiger partial charge on any atom is 0.145 e. The van der Waals surface area contributed by atoms with Gasteiger partial charge < -0.3 is 5.32 Å². The van der Waals surface area contributed by atoms with Crippen molar-refractivity contribution in [3.05, 3.63) is 64.7 Å². The normalized spacial score (nSPS) is 10.2. The molecule has 2 rings (SSSR count). The van der Waals surface area contributed by atoms with Gasteiger partial charge in [-0.2, -0.15) is 5.26 Å². The molecule has 0 saturated carbocycles. The molecule has 1 N–H and O–H groups in total. The number of benzene rings is 1. The van der Waals surface area contributed by atoms with Crippen LogP contribution in [0.5, 0.6) is 0 Å². The van der Waals surface area contributed by atoms with Crippen LogP contribution in [0, 0.1) is 24.1 Å². The molecule has 19 heavy (non-hydrogen) atoms. The van der Waals surface area contributed by atoms with Gasteiger partial charge in [0.05, 0.1) is 5.56 Å². The minimum absolute atomic E-state index is 0.0799. The molecule has 0 aliphatic rings. The van der Waals surface area contributed by atoms with Gasteiger partial charge in [0, 0.05) is 30.5 Å². The Hall–Kier alpha value is -2.25. The van der Waals surface area contributed by atoms with Crippen LogP contribution in [0.15, 0.2) is 36.5 Å². The summed E-state index contributed by atoms with van der Waals surface area (Å²) in [5, 5.41) is 11.9. The van der Waals surface area contributed by atoms with Gasteiger partial charge in [-0.1, -0.05) is 18.2 Å². The van der Waals surface area contributed by atoms with Crippen LogP contribution in [0.2, 0.25) is 0 Å². The molecule has 2 aromatic rings. The molecule has 3 nitrogen and oxygen atoms in total. The third-order valence-corrected chi connectivity index (χ3v) is 2.82. The molecular weight excluding hydrogens is 241 g/mol. The quantitative estimate of drug-likeness (QED) is 0.913. The average Bonchev–Trinajstić information content (AvgIpc) is 2.43. The summed E-state index contributed by atoms with van der Waals surface area (Å²) in [6, 6.07) is 10.6. The number of hydrogen-bond donors (Lipinski definition) is 1. The molecule has 0 bridgehead atoms. The van der Waals surface area contributed by atoms with Crippen LogP contribution in [-0.2, 0) is 13.1 Å². The first-order chi connectivity index (χ1) is 9.20. The average molecular weight is 255 g/mol. The standard InChI is InChI=1S/C15H14FN3/c1-11-5-6-12(9-19-11)8-18-10-14-4-2-3-13(7-17)15(14)16/h2-6,9,18H,8,10H2,1H3. The fourth-order valence-electron chi connectivity index (χ4n) is 1.75. The molecule has 0 atom stereocenters. The van der Waals surface area contributed by atoms with Crippen LogP contribution >= 0.6 is 0 Å². The highest BCUT2D eigenvalue weighted by Crippen LogP contribution is 2.12. The molecule has 0 fully saturated rings. The number of halogens is 1. The summed E-state index contributed by atoms with van der Waals surface area (Å²) in [5.41, 5.74) is 2.59. The first kappa shape index (κ1) is 13.2. The molecule has 96 valence electrons. The summed E-state index contributed by atoms with van der Waals surface area (Å²) >= 11 is 0. The van der Waals surface area contributed by atoms with E-state index in [9.17, 15) is 4.39 Å². The number of aryl methyl sites for hydroxylation is 1. The predicted octanol–water partition coefficient (Wildman–Crippen LogP) is 2.69. The van der Waals surface area contributed by atoms with E-state index in [1.54, 1.807) is 18.3 Å². The van der Waals surface area contributed by atoms with E-state index >= 15 is 0 Å². The topological polar surface area (TPSA) is 48.7 Å². The SMILES string of the molecule is Cc1ccc(CNCc2cccc(C#N)c2F)cn1. The Morgan fingerprint density at radius 2 is 2.11 bits per heavy atom. The van der Waals surface area contributed by atoms with Gasteiger partial charge in [-0.05, 0) is 24.6 Å². The summed E-state index contributed by atoms with van der Waals surface area (Å²) in [6.07, 6.45) is 1.80. The lowest BCUT2D eigenvalue weighted by molar-refractivity contribution is 0.584. The first-order valence-corrected chi connectivity index (χ1v) is 6.00. The molecule has 1 aromatic heterocycles. The van der Waals surface area contributed by atoms with Crippen molar-refractivity contribution in [2.45, 2.75) is 20.0 Å². The lowest BCUT2D eigenvalue weighted by Crippen LogP contribution is -2.14. The summed E-state index contributed by atoms with van der Waals surface area (Å²) in [4.78, 5) is 4.19. The number of rotatable bonds is 4. The third-order valence-electron chi connectivity index (χ3n) is 2.82. The number of hydrogen-bond acceptors (Lipinski definition) is 3. The molecule has 0 aliphatic carbocycles. The second-order valence-electron chi connectivity index (χ2n) is 4.30. The molecule has 0 saturated heterocycles. The van der Waals surface area contributed by atoms with Crippen molar-refractivity contribution in [3.8, 4) is 6.07 Å². The first-order valence-electron chi connectivity index (χ1n) is 6.00. The van der Waals surface area contributed by atoms with Gasteiger partial charge in [0.2, 0.25) is 0 Å². The van der Waals surface area contributed by atoms with Gasteiger partial charge in [-0.15, -0.1) is 0 Å². The van der Waals surface area contributed by atoms with Crippen molar-refractivity contribution in [1.29, 1.82) is 5.26 Å². The maximum absolute atomic E-state index is 13.8. The minimum atomic E-state index is -0.445. The van der Waals surface area contributed by atoms with Gasteiger partial charge in [-0.25, -0.2) is 4.39 Å². The summed E-state index contributed by atoms with van der Waals surface area (Å²) < 4.78 is 13.8. The molecule has 0 amide bonds. The smallest absolute Gasteiger partial charge is 0.145 e. The van der Waals surface area contributed by atoms with Crippen molar-refractivity contribution in [2.24, 2.45) is 0 Å². The number of nitrogens with one attached hydrogen (secondary N) is 1. The molecule has 0 unspecified atom stereocenters. The van der Waals surface area contributed by atoms with E-state index in [-0.39, 0.29) is 5.56 Å². The molecule has 0 aliphatic heterocycles. The Morgan fingerprint density at radius 1 is 1.26 bits per heavy atom. The van der Waals surface area contributed by atoms with E-state index in [0.29, 0.717) is 18.7 Å². The maximum atomic E-state index is 13.8. The Balaban J connectivity index is 1.96. The summed E-state index contributed by atoms with van der Waals surface area (Å²) in [6.45, 7) is 2.93. The van der Waals surface area contributed by atoms with E-state index in [0.717, 1.165) is 11.3 Å². The Bertz CT molecular complexity index is 600. The fourth-order valence-corrected chi connectivity index (χ4v) is 1.75. The van der Waals surface area contributed by atoms with Crippen LogP contribution < -0.4 is 5.32 Å². The lowest BCUT2D eigenvalue weighted by atomic mass is 10.1. The molecule has 0 radical (unpaired) electrons. The van der Waals surface area contributed by atoms with E-state index in [1.165, 1.54) is 6.07 Å². The van der Waals surface area contributed by atoms with Crippen LogP contribution in [-0.4, -0.2) is 4.98 Å². The fraction of sp³-hybridized carbons (Fsp3) is 0.200. The van der Waals surface area contributed by atoms with Crippen molar-refractivity contribution in [2.75, 3.05) is 0 Å². The monoisotopic (exact) mass is 255 g/mol. The molecule has 4 heteroatoms. The number of nitrogens with zero attached hydrogens (tertiary/aromatic N) is 2. The van der Waals surface area contributed by atoms with Crippen LogP contribution in [0.1, 0.15) is 22.4 Å². The van der Waals surface area contributed by atoms with Gasteiger partial charge in [0.25, 0.3) is 0 Å². The second kappa shape index (κ2) is 6.07. The zero-order valence-corrected chi connectivity index (χ0v) is 10.7. The van der Waals surface area contributed by atoms with E-state index in [2.05, 4.69) is 10.3 Å². The highest BCUT2D eigenvalue weighted by atomic mass is 19.1. The second-order valence-corrected chi connectivity index (χ2v) is 4.30. The van der Waals surface area contributed by atoms with Gasteiger partial charge in [0.15, 0.2) is 0 Å². The number of pyridine rings is 1. The number of aromatic nitrogens is 1. The zero-order valence-electron chi connectivity index (χ0n) is 10.7. The van der Waals surface area contributed by atoms with Gasteiger partial charge >= 0.3 is 0 Å². The largest absolute Gasteiger partial charge is 0.308 e. The molecule has 0 spiro atoms. The Morgan fingerprint density at radius 3 is 2.79 bits per heavy atom. The summed E-state index contributed by atoms with van der Waals surface area (Å²) in [7, 11) is 0. The zero-order chi connectivity index (χ0) is 13.7. The highest BCUT2D eigenvalue weighted by Gasteiger charge is 2.06. The van der Waals surface area contributed by atoms with E-state index in [1.807, 2.05) is 25.1 Å². The minimum Gasteiger partial charge on any atom is -0.308 e. The Kier molecular flexibility index (Phi) is 4.22. The highest BCUT2D eigenvalue weighted by molar-refractivity contribution is 5.34. The third kappa shape index (κ3) is 3.36. The van der Waals surface area contributed by atoms with Crippen molar-refractivity contribution >= 4 is 0 Å². The lowest BCUT2D eigenvalue weighted by Gasteiger charge is -2.07. The van der Waals surface area contributed by atoms with Crippen molar-refractivity contribution in [3.63, 3.8) is 0 Å².